The van der Waals surface area contributed by atoms with Gasteiger partial charge in [0.25, 0.3) is 0 Å². The van der Waals surface area contributed by atoms with Crippen LogP contribution in [-0.4, -0.2) is 41.9 Å². The summed E-state index contributed by atoms with van der Waals surface area (Å²) in [6, 6.07) is 9.73. The highest BCUT2D eigenvalue weighted by Crippen LogP contribution is 2.06. The number of rotatable bonds is 7. The second-order valence-corrected chi connectivity index (χ2v) is 4.75. The van der Waals surface area contributed by atoms with Gasteiger partial charge in [-0.15, -0.1) is 5.10 Å². The average molecular weight is 299 g/mol. The van der Waals surface area contributed by atoms with E-state index in [9.17, 15) is 0 Å². The lowest BCUT2D eigenvalue weighted by Gasteiger charge is -1.98. The summed E-state index contributed by atoms with van der Waals surface area (Å²) in [5.74, 6) is 1.27. The maximum absolute atomic E-state index is 8.79. The molecule has 0 spiro atoms. The van der Waals surface area contributed by atoms with Crippen LogP contribution in [0.1, 0.15) is 17.9 Å². The lowest BCUT2D eigenvalue weighted by Crippen LogP contribution is -2.03. The molecule has 1 aromatic carbocycles. The minimum atomic E-state index is 0.145. The Morgan fingerprint density at radius 1 is 1.23 bits per heavy atom. The smallest absolute Gasteiger partial charge is 0.242 e. The molecule has 0 saturated carbocycles. The van der Waals surface area contributed by atoms with E-state index in [-0.39, 0.29) is 6.61 Å². The number of aliphatic hydroxyl groups excluding tert-OH is 1. The van der Waals surface area contributed by atoms with Crippen molar-refractivity contribution < 1.29 is 5.11 Å². The molecule has 0 amide bonds. The molecule has 0 aliphatic heterocycles. The maximum Gasteiger partial charge on any atom is 0.242 e. The lowest BCUT2D eigenvalue weighted by atomic mass is 10.3. The summed E-state index contributed by atoms with van der Waals surface area (Å²) < 4.78 is 0. The number of nitrogens with one attached hydrogen (secondary N) is 2. The minimum Gasteiger partial charge on any atom is -0.396 e. The van der Waals surface area contributed by atoms with Crippen molar-refractivity contribution in [2.45, 2.75) is 19.4 Å². The summed E-state index contributed by atoms with van der Waals surface area (Å²) in [6.45, 7) is 0.635. The normalized spacial score (nSPS) is 10.8. The minimum absolute atomic E-state index is 0.145. The molecule has 0 bridgehead atoms. The van der Waals surface area contributed by atoms with E-state index in [4.69, 9.17) is 5.11 Å². The van der Waals surface area contributed by atoms with Crippen LogP contribution < -0.4 is 5.32 Å². The largest absolute Gasteiger partial charge is 0.396 e. The van der Waals surface area contributed by atoms with Gasteiger partial charge in [0.15, 0.2) is 0 Å². The number of para-hydroxylation sites is 1. The van der Waals surface area contributed by atoms with Crippen molar-refractivity contribution in [2.75, 3.05) is 11.9 Å². The van der Waals surface area contributed by atoms with E-state index in [1.54, 1.807) is 11.0 Å². The fourth-order valence-corrected chi connectivity index (χ4v) is 1.96. The fourth-order valence-electron chi connectivity index (χ4n) is 1.96. The molecule has 0 fully saturated rings. The topological polar surface area (TPSA) is 105 Å². The van der Waals surface area contributed by atoms with E-state index >= 15 is 0 Å². The van der Waals surface area contributed by atoms with Crippen LogP contribution in [0.5, 0.6) is 0 Å². The molecule has 0 saturated heterocycles. The van der Waals surface area contributed by atoms with Crippen molar-refractivity contribution in [2.24, 2.45) is 0 Å². The van der Waals surface area contributed by atoms with Crippen LogP contribution in [0.25, 0.3) is 5.69 Å². The predicted molar refractivity (Wildman–Crippen MR) is 80.5 cm³/mol. The molecule has 8 nitrogen and oxygen atoms in total. The quantitative estimate of drug-likeness (QED) is 0.599. The number of benzene rings is 1. The molecule has 3 rings (SSSR count). The summed E-state index contributed by atoms with van der Waals surface area (Å²) in [7, 11) is 0. The number of nitrogens with zero attached hydrogens (tertiary/aromatic N) is 5. The standard InChI is InChI=1S/C14H17N7O/c22-8-4-7-13-17-14(19-18-13)15-9-11-10-16-21(20-11)12-5-2-1-3-6-12/h1-3,5-6,10,22H,4,7-9H2,(H2,15,17,18,19). The Kier molecular flexibility index (Phi) is 4.40. The average Bonchev–Trinajstić information content (AvgIpc) is 3.21. The summed E-state index contributed by atoms with van der Waals surface area (Å²) in [4.78, 5) is 5.87. The Bertz CT molecular complexity index is 707. The van der Waals surface area contributed by atoms with Crippen LogP contribution >= 0.6 is 0 Å². The molecule has 2 heterocycles. The molecule has 3 N–H and O–H groups in total. The molecule has 0 atom stereocenters. The zero-order valence-electron chi connectivity index (χ0n) is 12.0. The number of H-pyrrole nitrogens is 1. The van der Waals surface area contributed by atoms with Crippen LogP contribution in [-0.2, 0) is 13.0 Å². The maximum atomic E-state index is 8.79. The molecule has 3 aromatic rings. The molecule has 22 heavy (non-hydrogen) atoms. The van der Waals surface area contributed by atoms with Crippen molar-refractivity contribution >= 4 is 5.95 Å². The van der Waals surface area contributed by atoms with Crippen molar-refractivity contribution in [3.05, 3.63) is 48.0 Å². The van der Waals surface area contributed by atoms with E-state index in [2.05, 4.69) is 30.7 Å². The Morgan fingerprint density at radius 3 is 2.91 bits per heavy atom. The van der Waals surface area contributed by atoms with Crippen LogP contribution in [0.2, 0.25) is 0 Å². The number of anilines is 1. The first-order valence-corrected chi connectivity index (χ1v) is 7.08. The SMILES string of the molecule is OCCCc1nc(NCc2cnn(-c3ccccc3)n2)n[nH]1. The van der Waals surface area contributed by atoms with Gasteiger partial charge in [-0.1, -0.05) is 18.2 Å². The number of hydrogen-bond acceptors (Lipinski definition) is 6. The summed E-state index contributed by atoms with van der Waals surface area (Å²) in [6.07, 6.45) is 3.05. The van der Waals surface area contributed by atoms with Gasteiger partial charge in [0, 0.05) is 13.0 Å². The van der Waals surface area contributed by atoms with Gasteiger partial charge < -0.3 is 10.4 Å². The Hall–Kier alpha value is -2.74. The molecular formula is C14H17N7O. The van der Waals surface area contributed by atoms with Crippen LogP contribution in [0, 0.1) is 0 Å². The zero-order chi connectivity index (χ0) is 15.2. The monoisotopic (exact) mass is 299 g/mol. The van der Waals surface area contributed by atoms with E-state index in [0.29, 0.717) is 25.3 Å². The number of aliphatic hydroxyl groups is 1. The molecule has 0 aliphatic rings. The molecule has 0 radical (unpaired) electrons. The van der Waals surface area contributed by atoms with Crippen LogP contribution in [0.15, 0.2) is 36.5 Å². The van der Waals surface area contributed by atoms with Gasteiger partial charge in [0.05, 0.1) is 18.4 Å². The van der Waals surface area contributed by atoms with Gasteiger partial charge in [0.1, 0.15) is 11.5 Å². The van der Waals surface area contributed by atoms with Crippen molar-refractivity contribution in [1.29, 1.82) is 0 Å². The third-order valence-corrected chi connectivity index (χ3v) is 3.06. The predicted octanol–water partition coefficient (Wildman–Crippen LogP) is 0.922. The van der Waals surface area contributed by atoms with E-state index in [1.807, 2.05) is 30.3 Å². The van der Waals surface area contributed by atoms with Crippen molar-refractivity contribution in [3.63, 3.8) is 0 Å². The molecule has 0 aliphatic carbocycles. The van der Waals surface area contributed by atoms with Gasteiger partial charge in [-0.2, -0.15) is 20.0 Å². The highest BCUT2D eigenvalue weighted by Gasteiger charge is 2.05. The van der Waals surface area contributed by atoms with Crippen molar-refractivity contribution in [1.82, 2.24) is 30.2 Å². The number of aryl methyl sites for hydroxylation is 1. The molecule has 8 heteroatoms. The first-order chi connectivity index (χ1) is 10.8. The molecule has 2 aromatic heterocycles. The molecular weight excluding hydrogens is 282 g/mol. The Morgan fingerprint density at radius 2 is 2.09 bits per heavy atom. The highest BCUT2D eigenvalue weighted by atomic mass is 16.2. The lowest BCUT2D eigenvalue weighted by molar-refractivity contribution is 0.287. The van der Waals surface area contributed by atoms with Crippen LogP contribution in [0.3, 0.4) is 0 Å². The Labute approximate surface area is 127 Å². The van der Waals surface area contributed by atoms with E-state index in [0.717, 1.165) is 17.2 Å². The second kappa shape index (κ2) is 6.81. The van der Waals surface area contributed by atoms with E-state index in [1.165, 1.54) is 0 Å². The first-order valence-electron chi connectivity index (χ1n) is 7.08. The molecule has 0 unspecified atom stereocenters. The highest BCUT2D eigenvalue weighted by molar-refractivity contribution is 5.29. The second-order valence-electron chi connectivity index (χ2n) is 4.75. The van der Waals surface area contributed by atoms with Gasteiger partial charge in [-0.05, 0) is 18.6 Å². The first kappa shape index (κ1) is 14.2. The zero-order valence-corrected chi connectivity index (χ0v) is 12.0. The Balaban J connectivity index is 1.58. The van der Waals surface area contributed by atoms with Gasteiger partial charge >= 0.3 is 0 Å². The molecule has 114 valence electrons. The number of aromatic amines is 1. The van der Waals surface area contributed by atoms with Crippen LogP contribution in [0.4, 0.5) is 5.95 Å². The summed E-state index contributed by atoms with van der Waals surface area (Å²) in [5.41, 5.74) is 1.71. The van der Waals surface area contributed by atoms with Crippen molar-refractivity contribution in [3.8, 4) is 5.69 Å². The van der Waals surface area contributed by atoms with Gasteiger partial charge in [-0.25, -0.2) is 0 Å². The van der Waals surface area contributed by atoms with Gasteiger partial charge in [-0.3, -0.25) is 5.10 Å². The number of aromatic nitrogens is 6. The number of hydrogen-bond donors (Lipinski definition) is 3. The summed E-state index contributed by atoms with van der Waals surface area (Å²) in [5, 5.41) is 27.4. The van der Waals surface area contributed by atoms with E-state index < -0.39 is 0 Å². The fraction of sp³-hybridized carbons (Fsp3) is 0.286. The third kappa shape index (κ3) is 3.47. The van der Waals surface area contributed by atoms with Gasteiger partial charge in [0.2, 0.25) is 5.95 Å². The summed E-state index contributed by atoms with van der Waals surface area (Å²) >= 11 is 0. The third-order valence-electron chi connectivity index (χ3n) is 3.06.